The molecule has 1 fully saturated rings. The van der Waals surface area contributed by atoms with E-state index in [9.17, 15) is 0 Å². The van der Waals surface area contributed by atoms with E-state index in [0.717, 1.165) is 13.0 Å². The lowest BCUT2D eigenvalue weighted by Gasteiger charge is -2.34. The third-order valence-electron chi connectivity index (χ3n) is 3.33. The maximum Gasteiger partial charge on any atom is 0.508 e. The molecule has 124 valence electrons. The van der Waals surface area contributed by atoms with Crippen LogP contribution in [0.15, 0.2) is 12.7 Å². The molecule has 0 amide bonds. The molecule has 0 N–H and O–H groups in total. The van der Waals surface area contributed by atoms with Gasteiger partial charge in [0.15, 0.2) is 0 Å². The van der Waals surface area contributed by atoms with Crippen LogP contribution >= 0.6 is 0 Å². The van der Waals surface area contributed by atoms with Crippen LogP contribution in [0.1, 0.15) is 34.1 Å². The van der Waals surface area contributed by atoms with E-state index in [2.05, 4.69) is 13.5 Å². The van der Waals surface area contributed by atoms with Gasteiger partial charge in [0.05, 0.1) is 19.3 Å². The molecule has 1 saturated heterocycles. The number of epoxide rings is 1. The first kappa shape index (κ1) is 18.8. The zero-order chi connectivity index (χ0) is 15.7. The molecule has 1 heterocycles. The summed E-state index contributed by atoms with van der Waals surface area (Å²) in [6, 6.07) is 0. The van der Waals surface area contributed by atoms with Crippen LogP contribution in [0.25, 0.3) is 0 Å². The molecule has 1 aliphatic rings. The van der Waals surface area contributed by atoms with Gasteiger partial charge < -0.3 is 22.8 Å². The molecule has 5 nitrogen and oxygen atoms in total. The zero-order valence-corrected chi connectivity index (χ0v) is 14.8. The minimum atomic E-state index is -2.76. The minimum Gasteiger partial charge on any atom is -0.376 e. The van der Waals surface area contributed by atoms with Crippen LogP contribution in [0.3, 0.4) is 0 Å². The predicted octanol–water partition coefficient (Wildman–Crippen LogP) is 2.79. The van der Waals surface area contributed by atoms with Gasteiger partial charge in [-0.05, 0) is 34.1 Å². The van der Waals surface area contributed by atoms with E-state index < -0.39 is 8.80 Å². The van der Waals surface area contributed by atoms with Crippen molar-refractivity contribution in [2.24, 2.45) is 0 Å². The lowest BCUT2D eigenvalue weighted by molar-refractivity contribution is 0.0320. The summed E-state index contributed by atoms with van der Waals surface area (Å²) in [5.74, 6) is 0. The first-order valence-electron chi connectivity index (χ1n) is 7.89. The van der Waals surface area contributed by atoms with Gasteiger partial charge in [0.2, 0.25) is 0 Å². The van der Waals surface area contributed by atoms with Gasteiger partial charge >= 0.3 is 8.80 Å². The largest absolute Gasteiger partial charge is 0.508 e. The fraction of sp³-hybridized carbons (Fsp3) is 0.867. The second kappa shape index (κ2) is 9.71. The predicted molar refractivity (Wildman–Crippen MR) is 84.4 cm³/mol. The van der Waals surface area contributed by atoms with Crippen LogP contribution in [-0.2, 0) is 22.8 Å². The second-order valence-electron chi connectivity index (χ2n) is 5.08. The Morgan fingerprint density at radius 1 is 1.19 bits per heavy atom. The van der Waals surface area contributed by atoms with E-state index in [0.29, 0.717) is 26.4 Å². The average molecular weight is 318 g/mol. The molecule has 6 heteroatoms. The maximum absolute atomic E-state index is 5.95. The monoisotopic (exact) mass is 318 g/mol. The Morgan fingerprint density at radius 2 is 1.71 bits per heavy atom. The van der Waals surface area contributed by atoms with Gasteiger partial charge in [0, 0.05) is 25.4 Å². The summed E-state index contributed by atoms with van der Waals surface area (Å²) in [5.41, 5.74) is 0.0347. The Labute approximate surface area is 129 Å². The summed E-state index contributed by atoms with van der Waals surface area (Å²) in [6.07, 6.45) is 3.04. The summed E-state index contributed by atoms with van der Waals surface area (Å²) < 4.78 is 28.8. The molecule has 0 aromatic rings. The van der Waals surface area contributed by atoms with Crippen LogP contribution in [0, 0.1) is 0 Å². The molecule has 1 aliphatic heterocycles. The summed E-state index contributed by atoms with van der Waals surface area (Å²) >= 11 is 0. The van der Waals surface area contributed by atoms with Crippen molar-refractivity contribution in [3.8, 4) is 0 Å². The molecule has 0 spiro atoms. The Bertz CT molecular complexity index is 279. The molecule has 0 aromatic carbocycles. The molecular weight excluding hydrogens is 288 g/mol. The Hall–Kier alpha value is -0.243. The Morgan fingerprint density at radius 3 is 2.10 bits per heavy atom. The Balaban J connectivity index is 2.65. The lowest BCUT2D eigenvalue weighted by atomic mass is 10.2. The standard InChI is InChI=1S/C15H30O5Si/c1-6-15(10-13(5)16-11-14-12-17-14)21(18-7-2,19-8-3)20-9-4/h6,13-15H,1,7-12H2,2-5H3. The molecule has 0 aliphatic carbocycles. The molecule has 0 saturated carbocycles. The van der Waals surface area contributed by atoms with E-state index >= 15 is 0 Å². The summed E-state index contributed by atoms with van der Waals surface area (Å²) in [5, 5.41) is 0. The van der Waals surface area contributed by atoms with Crippen molar-refractivity contribution in [2.45, 2.75) is 51.9 Å². The molecule has 21 heavy (non-hydrogen) atoms. The van der Waals surface area contributed by atoms with Gasteiger partial charge in [-0.3, -0.25) is 0 Å². The lowest BCUT2D eigenvalue weighted by Crippen LogP contribution is -2.50. The second-order valence-corrected chi connectivity index (χ2v) is 7.89. The number of allylic oxidation sites excluding steroid dienone is 1. The molecule has 0 aromatic heterocycles. The van der Waals surface area contributed by atoms with Crippen LogP contribution < -0.4 is 0 Å². The van der Waals surface area contributed by atoms with E-state index in [1.807, 2.05) is 26.8 Å². The summed E-state index contributed by atoms with van der Waals surface area (Å²) in [7, 11) is -2.76. The molecule has 3 unspecified atom stereocenters. The first-order valence-corrected chi connectivity index (χ1v) is 9.69. The third-order valence-corrected chi connectivity index (χ3v) is 6.78. The number of rotatable bonds is 13. The van der Waals surface area contributed by atoms with Crippen molar-refractivity contribution in [1.82, 2.24) is 0 Å². The average Bonchev–Trinajstić information content (AvgIpc) is 3.27. The summed E-state index contributed by atoms with van der Waals surface area (Å²) in [6.45, 7) is 15.1. The number of hydrogen-bond acceptors (Lipinski definition) is 5. The van der Waals surface area contributed by atoms with Gasteiger partial charge in [-0.2, -0.15) is 0 Å². The van der Waals surface area contributed by atoms with Crippen LogP contribution in [0.4, 0.5) is 0 Å². The van der Waals surface area contributed by atoms with E-state index in [1.54, 1.807) is 0 Å². The van der Waals surface area contributed by atoms with E-state index in [4.69, 9.17) is 22.8 Å². The van der Waals surface area contributed by atoms with Crippen molar-refractivity contribution in [2.75, 3.05) is 33.0 Å². The SMILES string of the molecule is C=CC(CC(C)OCC1CO1)[Si](OCC)(OCC)OCC. The minimum absolute atomic E-state index is 0.0347. The fourth-order valence-corrected chi connectivity index (χ4v) is 5.30. The molecular formula is C15H30O5Si. The van der Waals surface area contributed by atoms with Crippen LogP contribution in [-0.4, -0.2) is 54.0 Å². The highest BCUT2D eigenvalue weighted by atomic mass is 28.4. The zero-order valence-electron chi connectivity index (χ0n) is 13.8. The normalized spacial score (nSPS) is 21.0. The van der Waals surface area contributed by atoms with Crippen molar-refractivity contribution < 1.29 is 22.8 Å². The van der Waals surface area contributed by atoms with Crippen LogP contribution in [0.2, 0.25) is 5.54 Å². The van der Waals surface area contributed by atoms with E-state index in [1.165, 1.54) is 0 Å². The smallest absolute Gasteiger partial charge is 0.376 e. The van der Waals surface area contributed by atoms with Gasteiger partial charge in [0.1, 0.15) is 6.10 Å². The number of ether oxygens (including phenoxy) is 2. The third kappa shape index (κ3) is 6.18. The van der Waals surface area contributed by atoms with Gasteiger partial charge in [-0.15, -0.1) is 6.58 Å². The quantitative estimate of drug-likeness (QED) is 0.297. The number of hydrogen-bond donors (Lipinski definition) is 0. The fourth-order valence-electron chi connectivity index (χ4n) is 2.30. The van der Waals surface area contributed by atoms with Crippen molar-refractivity contribution in [3.63, 3.8) is 0 Å². The van der Waals surface area contributed by atoms with Gasteiger partial charge in [0.25, 0.3) is 0 Å². The summed E-state index contributed by atoms with van der Waals surface area (Å²) in [4.78, 5) is 0. The Kier molecular flexibility index (Phi) is 8.69. The van der Waals surface area contributed by atoms with Gasteiger partial charge in [-0.25, -0.2) is 0 Å². The van der Waals surface area contributed by atoms with Crippen molar-refractivity contribution in [1.29, 1.82) is 0 Å². The van der Waals surface area contributed by atoms with Crippen molar-refractivity contribution in [3.05, 3.63) is 12.7 Å². The molecule has 3 atom stereocenters. The topological polar surface area (TPSA) is 49.5 Å². The molecule has 0 radical (unpaired) electrons. The van der Waals surface area contributed by atoms with Crippen molar-refractivity contribution >= 4 is 8.80 Å². The highest BCUT2D eigenvalue weighted by molar-refractivity contribution is 6.63. The molecule has 0 bridgehead atoms. The molecule has 1 rings (SSSR count). The first-order chi connectivity index (χ1) is 10.1. The van der Waals surface area contributed by atoms with Crippen LogP contribution in [0.5, 0.6) is 0 Å². The maximum atomic E-state index is 5.95. The van der Waals surface area contributed by atoms with Gasteiger partial charge in [-0.1, -0.05) is 6.08 Å². The highest BCUT2D eigenvalue weighted by Crippen LogP contribution is 2.32. The highest BCUT2D eigenvalue weighted by Gasteiger charge is 2.48. The van der Waals surface area contributed by atoms with E-state index in [-0.39, 0.29) is 17.7 Å².